The molecule has 0 saturated carbocycles. The van der Waals surface area contributed by atoms with Gasteiger partial charge in [-0.05, 0) is 82.9 Å². The molecule has 8 aromatic rings. The second-order valence-corrected chi connectivity index (χ2v) is 13.3. The van der Waals surface area contributed by atoms with Gasteiger partial charge in [0, 0.05) is 38.6 Å². The maximum absolute atomic E-state index is 3.76. The molecule has 0 spiro atoms. The van der Waals surface area contributed by atoms with Gasteiger partial charge in [0.15, 0.2) is 0 Å². The van der Waals surface area contributed by atoms with Crippen molar-refractivity contribution in [3.8, 4) is 33.4 Å². The van der Waals surface area contributed by atoms with Gasteiger partial charge in [0.2, 0.25) is 0 Å². The predicted molar refractivity (Wildman–Crippen MR) is 210 cm³/mol. The molecule has 1 atom stereocenters. The van der Waals surface area contributed by atoms with Crippen LogP contribution < -0.4 is 5.32 Å². The second-order valence-electron chi connectivity index (χ2n) is 13.3. The van der Waals surface area contributed by atoms with E-state index in [1.807, 2.05) is 0 Å². The van der Waals surface area contributed by atoms with Crippen molar-refractivity contribution in [1.82, 2.24) is 4.57 Å². The Morgan fingerprint density at radius 1 is 0.510 bits per heavy atom. The molecule has 49 heavy (non-hydrogen) atoms. The first-order valence-corrected chi connectivity index (χ1v) is 17.1. The summed E-state index contributed by atoms with van der Waals surface area (Å²) in [5.74, 6) is 0. The van der Waals surface area contributed by atoms with Gasteiger partial charge in [-0.25, -0.2) is 0 Å². The molecule has 1 N–H and O–H groups in total. The van der Waals surface area contributed by atoms with Crippen LogP contribution in [0.2, 0.25) is 0 Å². The molecular weight excluding hydrogens is 593 g/mol. The molecule has 234 valence electrons. The van der Waals surface area contributed by atoms with Crippen LogP contribution in [0, 0.1) is 0 Å². The number of fused-ring (bicyclic) bond motifs is 4. The van der Waals surface area contributed by atoms with Crippen molar-refractivity contribution in [2.45, 2.75) is 18.9 Å². The molecule has 0 fully saturated rings. The summed E-state index contributed by atoms with van der Waals surface area (Å²) in [5.41, 5.74) is 11.8. The third-order valence-corrected chi connectivity index (χ3v) is 10.1. The number of para-hydroxylation sites is 1. The van der Waals surface area contributed by atoms with Crippen molar-refractivity contribution >= 4 is 44.0 Å². The monoisotopic (exact) mass is 628 g/mol. The fourth-order valence-electron chi connectivity index (χ4n) is 7.73. The summed E-state index contributed by atoms with van der Waals surface area (Å²) in [5, 5.41) is 8.78. The van der Waals surface area contributed by atoms with Crippen LogP contribution in [0.3, 0.4) is 0 Å². The highest BCUT2D eigenvalue weighted by Crippen LogP contribution is 2.43. The standard InChI is InChI=1S/C47H36N2/c1-47(29-10-3-11-30-47)49-44-28-27-36(32-41(44)46-40(23-14-26-45(46)49)34-15-4-2-5-16-34)35-19-12-20-37(31-35)39-22-8-9-24-42(39)48-43-25-13-18-33-17-6-7-21-38(33)43/h2-29,31-32,48H,30H2,1H3. The number of anilines is 2. The van der Waals surface area contributed by atoms with Crippen molar-refractivity contribution in [1.29, 1.82) is 0 Å². The van der Waals surface area contributed by atoms with Gasteiger partial charge < -0.3 is 9.88 Å². The zero-order chi connectivity index (χ0) is 32.8. The number of benzene rings is 7. The van der Waals surface area contributed by atoms with Crippen LogP contribution in [0.15, 0.2) is 182 Å². The highest BCUT2D eigenvalue weighted by Gasteiger charge is 2.28. The molecule has 1 heterocycles. The molecule has 0 radical (unpaired) electrons. The third-order valence-electron chi connectivity index (χ3n) is 10.1. The average Bonchev–Trinajstić information content (AvgIpc) is 3.51. The van der Waals surface area contributed by atoms with Crippen LogP contribution in [0.4, 0.5) is 11.4 Å². The van der Waals surface area contributed by atoms with Gasteiger partial charge in [-0.15, -0.1) is 0 Å². The number of hydrogen-bond donors (Lipinski definition) is 1. The van der Waals surface area contributed by atoms with Crippen LogP contribution in [0.1, 0.15) is 13.3 Å². The summed E-state index contributed by atoms with van der Waals surface area (Å²) in [6.07, 6.45) is 9.93. The Bertz CT molecular complexity index is 2560. The zero-order valence-corrected chi connectivity index (χ0v) is 27.5. The minimum Gasteiger partial charge on any atom is -0.355 e. The smallest absolute Gasteiger partial charge is 0.0643 e. The van der Waals surface area contributed by atoms with Crippen LogP contribution in [0.25, 0.3) is 66.0 Å². The number of nitrogens with one attached hydrogen (secondary N) is 1. The molecule has 9 rings (SSSR count). The van der Waals surface area contributed by atoms with Crippen LogP contribution in [-0.2, 0) is 5.54 Å². The van der Waals surface area contributed by atoms with Gasteiger partial charge in [0.1, 0.15) is 0 Å². The number of rotatable bonds is 6. The predicted octanol–water partition coefficient (Wildman–Crippen LogP) is 12.9. The lowest BCUT2D eigenvalue weighted by molar-refractivity contribution is 0.437. The lowest BCUT2D eigenvalue weighted by atomic mass is 9.92. The first kappa shape index (κ1) is 29.1. The van der Waals surface area contributed by atoms with E-state index in [9.17, 15) is 0 Å². The molecule has 1 aliphatic rings. The fraction of sp³-hybridized carbons (Fsp3) is 0.0638. The summed E-state index contributed by atoms with van der Waals surface area (Å²) in [6.45, 7) is 2.35. The molecule has 1 unspecified atom stereocenters. The molecule has 0 aliphatic heterocycles. The van der Waals surface area contributed by atoms with E-state index in [0.717, 1.165) is 17.8 Å². The maximum Gasteiger partial charge on any atom is 0.0643 e. The quantitative estimate of drug-likeness (QED) is 0.194. The Morgan fingerprint density at radius 2 is 1.20 bits per heavy atom. The normalized spacial score (nSPS) is 15.7. The summed E-state index contributed by atoms with van der Waals surface area (Å²) in [7, 11) is 0. The zero-order valence-electron chi connectivity index (χ0n) is 27.5. The van der Waals surface area contributed by atoms with Gasteiger partial charge in [-0.2, -0.15) is 0 Å². The first-order chi connectivity index (χ1) is 24.2. The lowest BCUT2D eigenvalue weighted by Crippen LogP contribution is -2.27. The van der Waals surface area contributed by atoms with E-state index in [0.29, 0.717) is 0 Å². The first-order valence-electron chi connectivity index (χ1n) is 17.1. The van der Waals surface area contributed by atoms with E-state index in [1.54, 1.807) is 0 Å². The minimum atomic E-state index is -0.160. The van der Waals surface area contributed by atoms with Crippen molar-refractivity contribution in [2.75, 3.05) is 5.32 Å². The summed E-state index contributed by atoms with van der Waals surface area (Å²) < 4.78 is 2.56. The highest BCUT2D eigenvalue weighted by molar-refractivity contribution is 6.16. The third kappa shape index (κ3) is 5.05. The average molecular weight is 629 g/mol. The Kier molecular flexibility index (Phi) is 7.02. The van der Waals surface area contributed by atoms with Gasteiger partial charge in [-0.1, -0.05) is 146 Å². The summed E-state index contributed by atoms with van der Waals surface area (Å²) in [4.78, 5) is 0. The van der Waals surface area contributed by atoms with Crippen LogP contribution in [-0.4, -0.2) is 4.57 Å². The second kappa shape index (κ2) is 11.8. The Hall–Kier alpha value is -6.12. The summed E-state index contributed by atoms with van der Waals surface area (Å²) >= 11 is 0. The van der Waals surface area contributed by atoms with Crippen LogP contribution in [0.5, 0.6) is 0 Å². The maximum atomic E-state index is 3.76. The molecule has 1 aromatic heterocycles. The largest absolute Gasteiger partial charge is 0.355 e. The molecule has 0 bridgehead atoms. The van der Waals surface area contributed by atoms with Gasteiger partial charge in [0.05, 0.1) is 11.1 Å². The van der Waals surface area contributed by atoms with Crippen LogP contribution >= 0.6 is 0 Å². The molecular formula is C47H36N2. The molecule has 0 amide bonds. The van der Waals surface area contributed by atoms with E-state index >= 15 is 0 Å². The molecule has 2 nitrogen and oxygen atoms in total. The summed E-state index contributed by atoms with van der Waals surface area (Å²) in [6, 6.07) is 57.2. The molecule has 7 aromatic carbocycles. The molecule has 0 saturated heterocycles. The van der Waals surface area contributed by atoms with Crippen molar-refractivity contribution in [2.24, 2.45) is 0 Å². The van der Waals surface area contributed by atoms with Crippen molar-refractivity contribution in [3.63, 3.8) is 0 Å². The van der Waals surface area contributed by atoms with Gasteiger partial charge in [-0.3, -0.25) is 0 Å². The fourth-order valence-corrected chi connectivity index (χ4v) is 7.73. The van der Waals surface area contributed by atoms with E-state index < -0.39 is 0 Å². The van der Waals surface area contributed by atoms with Gasteiger partial charge in [0.25, 0.3) is 0 Å². The van der Waals surface area contributed by atoms with E-state index in [1.165, 1.54) is 66.0 Å². The Balaban J connectivity index is 1.19. The molecule has 1 aliphatic carbocycles. The van der Waals surface area contributed by atoms with E-state index in [-0.39, 0.29) is 5.54 Å². The van der Waals surface area contributed by atoms with Crippen molar-refractivity contribution < 1.29 is 0 Å². The number of nitrogens with zero attached hydrogens (tertiary/aromatic N) is 1. The lowest BCUT2D eigenvalue weighted by Gasteiger charge is -2.31. The number of allylic oxidation sites excluding steroid dienone is 4. The topological polar surface area (TPSA) is 17.0 Å². The van der Waals surface area contributed by atoms with E-state index in [2.05, 4.69) is 199 Å². The number of hydrogen-bond acceptors (Lipinski definition) is 1. The Morgan fingerprint density at radius 3 is 2.10 bits per heavy atom. The molecule has 2 heteroatoms. The minimum absolute atomic E-state index is 0.160. The van der Waals surface area contributed by atoms with E-state index in [4.69, 9.17) is 0 Å². The SMILES string of the molecule is CC1(n2c3ccc(-c4cccc(-c5ccccc5Nc5cccc6ccccc56)c4)cc3c3c(-c4ccccc4)cccc32)C=CC=CC1. The van der Waals surface area contributed by atoms with Crippen molar-refractivity contribution in [3.05, 3.63) is 182 Å². The Labute approximate surface area is 287 Å². The number of aromatic nitrogens is 1. The van der Waals surface area contributed by atoms with Gasteiger partial charge >= 0.3 is 0 Å². The highest BCUT2D eigenvalue weighted by atomic mass is 15.1.